The van der Waals surface area contributed by atoms with Crippen molar-refractivity contribution in [1.82, 2.24) is 0 Å². The normalized spacial score (nSPS) is 10.1. The topological polar surface area (TPSA) is 89.6 Å². The highest BCUT2D eigenvalue weighted by molar-refractivity contribution is 5.88. The Bertz CT molecular complexity index is 258. The maximum Gasteiger partial charge on any atom is 0.333 e. The van der Waals surface area contributed by atoms with E-state index in [-0.39, 0.29) is 25.1 Å². The lowest BCUT2D eigenvalue weighted by atomic mass is 10.2. The van der Waals surface area contributed by atoms with Crippen molar-refractivity contribution in [3.8, 4) is 0 Å². The molecule has 0 spiro atoms. The monoisotopic (exact) mass is 199 g/mol. The number of esters is 1. The van der Waals surface area contributed by atoms with Crippen LogP contribution in [0, 0.1) is 0 Å². The number of hydrogen-bond acceptors (Lipinski definition) is 4. The van der Waals surface area contributed by atoms with Crippen molar-refractivity contribution in [3.63, 3.8) is 0 Å². The molecule has 0 unspecified atom stereocenters. The molecule has 0 radical (unpaired) electrons. The third-order valence-electron chi connectivity index (χ3n) is 1.26. The smallest absolute Gasteiger partial charge is 0.333 e. The molecule has 5 heteroatoms. The summed E-state index contributed by atoms with van der Waals surface area (Å²) in [6.07, 6.45) is 2.44. The highest BCUT2D eigenvalue weighted by Crippen LogP contribution is 2.01. The minimum absolute atomic E-state index is 0.139. The Hall–Kier alpha value is -1.62. The van der Waals surface area contributed by atoms with Gasteiger partial charge in [-0.1, -0.05) is 12.7 Å². The van der Waals surface area contributed by atoms with Crippen LogP contribution in [0.5, 0.6) is 0 Å². The summed E-state index contributed by atoms with van der Waals surface area (Å²) in [5, 5.41) is 8.26. The lowest BCUT2D eigenvalue weighted by Gasteiger charge is -2.02. The predicted molar refractivity (Wildman–Crippen MR) is 50.5 cm³/mol. The highest BCUT2D eigenvalue weighted by atomic mass is 16.5. The van der Waals surface area contributed by atoms with Crippen LogP contribution in [-0.4, -0.2) is 30.2 Å². The Kier molecular flexibility index (Phi) is 6.06. The van der Waals surface area contributed by atoms with Crippen LogP contribution in [0.1, 0.15) is 6.42 Å². The second kappa shape index (κ2) is 6.85. The number of hydrogen-bond donors (Lipinski definition) is 2. The Labute approximate surface area is 81.9 Å². The largest absolute Gasteiger partial charge is 0.478 e. The van der Waals surface area contributed by atoms with Crippen LogP contribution in [0.2, 0.25) is 0 Å². The zero-order valence-corrected chi connectivity index (χ0v) is 7.73. The maximum atomic E-state index is 11.0. The molecule has 0 rings (SSSR count). The molecule has 0 atom stereocenters. The number of carboxylic acids is 1. The van der Waals surface area contributed by atoms with E-state index in [9.17, 15) is 9.59 Å². The van der Waals surface area contributed by atoms with Crippen molar-refractivity contribution in [2.75, 3.05) is 13.2 Å². The zero-order chi connectivity index (χ0) is 11.0. The van der Waals surface area contributed by atoms with Gasteiger partial charge in [0, 0.05) is 18.2 Å². The van der Waals surface area contributed by atoms with E-state index in [0.29, 0.717) is 0 Å². The van der Waals surface area contributed by atoms with Gasteiger partial charge in [0.15, 0.2) is 0 Å². The van der Waals surface area contributed by atoms with E-state index in [0.717, 1.165) is 6.08 Å². The summed E-state index contributed by atoms with van der Waals surface area (Å²) in [4.78, 5) is 21.1. The van der Waals surface area contributed by atoms with Crippen LogP contribution in [0.15, 0.2) is 24.3 Å². The molecule has 0 amide bonds. The molecule has 0 aromatic heterocycles. The van der Waals surface area contributed by atoms with E-state index in [1.165, 1.54) is 6.08 Å². The van der Waals surface area contributed by atoms with Crippen LogP contribution in [0.25, 0.3) is 0 Å². The number of carboxylic acid groups (broad SMARTS) is 1. The SMILES string of the molecule is C=C(CC=CC(=O)O)C(=O)OCCN. The van der Waals surface area contributed by atoms with Crippen LogP contribution in [0.4, 0.5) is 0 Å². The summed E-state index contributed by atoms with van der Waals surface area (Å²) >= 11 is 0. The Morgan fingerprint density at radius 3 is 2.64 bits per heavy atom. The summed E-state index contributed by atoms with van der Waals surface area (Å²) in [6, 6.07) is 0. The Morgan fingerprint density at radius 1 is 1.50 bits per heavy atom. The van der Waals surface area contributed by atoms with Gasteiger partial charge in [-0.3, -0.25) is 0 Å². The lowest BCUT2D eigenvalue weighted by Crippen LogP contribution is -2.14. The average Bonchev–Trinajstić information content (AvgIpc) is 2.13. The molecule has 0 bridgehead atoms. The standard InChI is InChI=1S/C9H13NO4/c1-7(3-2-4-8(11)12)9(13)14-6-5-10/h2,4H,1,3,5-6,10H2,(H,11,12). The fraction of sp³-hybridized carbons (Fsp3) is 0.333. The molecule has 0 aromatic rings. The molecule has 78 valence electrons. The maximum absolute atomic E-state index is 11.0. The molecule has 0 saturated heterocycles. The van der Waals surface area contributed by atoms with Crippen LogP contribution in [-0.2, 0) is 14.3 Å². The van der Waals surface area contributed by atoms with Crippen molar-refractivity contribution in [2.45, 2.75) is 6.42 Å². The van der Waals surface area contributed by atoms with Crippen LogP contribution >= 0.6 is 0 Å². The summed E-state index contributed by atoms with van der Waals surface area (Å²) < 4.78 is 4.67. The van der Waals surface area contributed by atoms with Gasteiger partial charge in [0.05, 0.1) is 0 Å². The van der Waals surface area contributed by atoms with Crippen molar-refractivity contribution in [3.05, 3.63) is 24.3 Å². The van der Waals surface area contributed by atoms with Crippen molar-refractivity contribution in [1.29, 1.82) is 0 Å². The van der Waals surface area contributed by atoms with Crippen molar-refractivity contribution < 1.29 is 19.4 Å². The molecule has 3 N–H and O–H groups in total. The van der Waals surface area contributed by atoms with Crippen LogP contribution in [0.3, 0.4) is 0 Å². The van der Waals surface area contributed by atoms with Gasteiger partial charge in [0.1, 0.15) is 6.61 Å². The number of carbonyl (C=O) groups is 2. The molecule has 0 aliphatic carbocycles. The zero-order valence-electron chi connectivity index (χ0n) is 7.73. The molecule has 14 heavy (non-hydrogen) atoms. The van der Waals surface area contributed by atoms with Gasteiger partial charge in [-0.25, -0.2) is 9.59 Å². The fourth-order valence-corrected chi connectivity index (χ4v) is 0.639. The number of carbonyl (C=O) groups excluding carboxylic acids is 1. The lowest BCUT2D eigenvalue weighted by molar-refractivity contribution is -0.138. The first kappa shape index (κ1) is 12.4. The minimum Gasteiger partial charge on any atom is -0.478 e. The molecule has 0 saturated carbocycles. The minimum atomic E-state index is -1.06. The van der Waals surface area contributed by atoms with Crippen molar-refractivity contribution >= 4 is 11.9 Å². The first-order valence-corrected chi connectivity index (χ1v) is 4.02. The van der Waals surface area contributed by atoms with Gasteiger partial charge in [-0.05, 0) is 6.42 Å². The van der Waals surface area contributed by atoms with E-state index in [4.69, 9.17) is 10.8 Å². The summed E-state index contributed by atoms with van der Waals surface area (Å²) in [5.41, 5.74) is 5.32. The van der Waals surface area contributed by atoms with Gasteiger partial charge < -0.3 is 15.6 Å². The predicted octanol–water partition coefficient (Wildman–Crippen LogP) is 0.0754. The molecule has 0 fully saturated rings. The number of allylic oxidation sites excluding steroid dienone is 1. The van der Waals surface area contributed by atoms with Gasteiger partial charge in [0.25, 0.3) is 0 Å². The van der Waals surface area contributed by atoms with E-state index in [2.05, 4.69) is 11.3 Å². The van der Waals surface area contributed by atoms with E-state index in [1.54, 1.807) is 0 Å². The highest BCUT2D eigenvalue weighted by Gasteiger charge is 2.05. The molecular formula is C9H13NO4. The van der Waals surface area contributed by atoms with Gasteiger partial charge in [-0.15, -0.1) is 0 Å². The first-order valence-electron chi connectivity index (χ1n) is 4.02. The second-order valence-corrected chi connectivity index (χ2v) is 2.47. The summed E-state index contributed by atoms with van der Waals surface area (Å²) in [7, 11) is 0. The van der Waals surface area contributed by atoms with Gasteiger partial charge in [0.2, 0.25) is 0 Å². The molecule has 0 aromatic carbocycles. The molecule has 0 heterocycles. The first-order chi connectivity index (χ1) is 6.57. The summed E-state index contributed by atoms with van der Waals surface area (Å²) in [5.74, 6) is -1.61. The fourth-order valence-electron chi connectivity index (χ4n) is 0.639. The number of ether oxygens (including phenoxy) is 1. The van der Waals surface area contributed by atoms with Crippen LogP contribution < -0.4 is 5.73 Å². The molecule has 0 aliphatic heterocycles. The number of nitrogens with two attached hydrogens (primary N) is 1. The third-order valence-corrected chi connectivity index (χ3v) is 1.26. The molecular weight excluding hydrogens is 186 g/mol. The third kappa shape index (κ3) is 5.96. The van der Waals surface area contributed by atoms with Gasteiger partial charge >= 0.3 is 11.9 Å². The quantitative estimate of drug-likeness (QED) is 0.467. The van der Waals surface area contributed by atoms with E-state index < -0.39 is 11.9 Å². The molecule has 5 nitrogen and oxygen atoms in total. The number of aliphatic carboxylic acids is 1. The van der Waals surface area contributed by atoms with Gasteiger partial charge in [-0.2, -0.15) is 0 Å². The Morgan fingerprint density at radius 2 is 2.14 bits per heavy atom. The summed E-state index contributed by atoms with van der Waals surface area (Å²) in [6.45, 7) is 3.84. The van der Waals surface area contributed by atoms with Crippen molar-refractivity contribution in [2.24, 2.45) is 5.73 Å². The molecule has 0 aliphatic rings. The Balaban J connectivity index is 3.84. The van der Waals surface area contributed by atoms with E-state index >= 15 is 0 Å². The van der Waals surface area contributed by atoms with E-state index in [1.807, 2.05) is 0 Å². The average molecular weight is 199 g/mol. The second-order valence-electron chi connectivity index (χ2n) is 2.47. The number of rotatable bonds is 6.